The van der Waals surface area contributed by atoms with Crippen LogP contribution in [0.25, 0.3) is 0 Å². The molecule has 0 saturated heterocycles. The monoisotopic (exact) mass is 307 g/mol. The Morgan fingerprint density at radius 3 is 2.45 bits per heavy atom. The Hall–Kier alpha value is -2.50. The van der Waals surface area contributed by atoms with E-state index in [1.54, 1.807) is 18.2 Å². The van der Waals surface area contributed by atoms with E-state index in [2.05, 4.69) is 14.8 Å². The summed E-state index contributed by atoms with van der Waals surface area (Å²) < 4.78 is 14.9. The molecule has 0 aliphatic rings. The molecule has 0 radical (unpaired) electrons. The number of hydrogen-bond acceptors (Lipinski definition) is 6. The second kappa shape index (κ2) is 8.71. The quantitative estimate of drug-likeness (QED) is 0.616. The summed E-state index contributed by atoms with van der Waals surface area (Å²) in [6, 6.07) is 7.13. The molecule has 120 valence electrons. The van der Waals surface area contributed by atoms with E-state index >= 15 is 0 Å². The molecule has 0 fully saturated rings. The van der Waals surface area contributed by atoms with Crippen molar-refractivity contribution < 1.29 is 23.8 Å². The lowest BCUT2D eigenvalue weighted by Crippen LogP contribution is -2.16. The summed E-state index contributed by atoms with van der Waals surface area (Å²) in [6.45, 7) is 4.60. The van der Waals surface area contributed by atoms with Crippen molar-refractivity contribution in [2.24, 2.45) is 5.92 Å². The van der Waals surface area contributed by atoms with Crippen molar-refractivity contribution in [1.29, 1.82) is 0 Å². The highest BCUT2D eigenvalue weighted by Gasteiger charge is 2.15. The fourth-order valence-electron chi connectivity index (χ4n) is 1.53. The van der Waals surface area contributed by atoms with Crippen LogP contribution < -0.4 is 10.1 Å². The van der Waals surface area contributed by atoms with Crippen molar-refractivity contribution in [3.63, 3.8) is 0 Å². The number of nitrogens with one attached hydrogen (secondary N) is 1. The Morgan fingerprint density at radius 1 is 1.18 bits per heavy atom. The number of methoxy groups -OCH3 is 2. The summed E-state index contributed by atoms with van der Waals surface area (Å²) in [4.78, 5) is 23.1. The Morgan fingerprint density at radius 2 is 1.86 bits per heavy atom. The van der Waals surface area contributed by atoms with Gasteiger partial charge in [-0.15, -0.1) is 0 Å². The molecule has 0 heterocycles. The highest BCUT2D eigenvalue weighted by molar-refractivity contribution is 5.99. The first kappa shape index (κ1) is 17.6. The molecular formula is C16H21NO5. The van der Waals surface area contributed by atoms with Crippen LogP contribution in [-0.2, 0) is 19.1 Å². The summed E-state index contributed by atoms with van der Waals surface area (Å²) >= 11 is 0. The lowest BCUT2D eigenvalue weighted by atomic mass is 10.2. The zero-order chi connectivity index (χ0) is 16.5. The van der Waals surface area contributed by atoms with Crippen molar-refractivity contribution >= 4 is 17.6 Å². The van der Waals surface area contributed by atoms with E-state index in [-0.39, 0.29) is 5.70 Å². The molecule has 0 unspecified atom stereocenters. The number of anilines is 1. The molecule has 1 aromatic rings. The molecule has 0 aromatic heterocycles. The van der Waals surface area contributed by atoms with Gasteiger partial charge in [-0.2, -0.15) is 0 Å². The van der Waals surface area contributed by atoms with Crippen molar-refractivity contribution in [2.45, 2.75) is 13.8 Å². The van der Waals surface area contributed by atoms with Crippen LogP contribution in [-0.4, -0.2) is 32.8 Å². The average Bonchev–Trinajstić information content (AvgIpc) is 2.52. The Bertz CT molecular complexity index is 551. The number of para-hydroxylation sites is 2. The number of benzene rings is 1. The van der Waals surface area contributed by atoms with Gasteiger partial charge in [-0.25, -0.2) is 9.59 Å². The Kier molecular flexibility index (Phi) is 6.95. The summed E-state index contributed by atoms with van der Waals surface area (Å²) in [5.74, 6) is -0.396. The third-order valence-corrected chi connectivity index (χ3v) is 2.60. The van der Waals surface area contributed by atoms with Crippen LogP contribution in [0.2, 0.25) is 0 Å². The van der Waals surface area contributed by atoms with Gasteiger partial charge in [0.15, 0.2) is 0 Å². The highest BCUT2D eigenvalue weighted by atomic mass is 16.5. The molecule has 0 spiro atoms. The molecule has 0 saturated carbocycles. The van der Waals surface area contributed by atoms with E-state index in [9.17, 15) is 9.59 Å². The molecule has 0 bridgehead atoms. The van der Waals surface area contributed by atoms with E-state index < -0.39 is 11.9 Å². The van der Waals surface area contributed by atoms with Crippen LogP contribution in [0.4, 0.5) is 5.69 Å². The fraction of sp³-hybridized carbons (Fsp3) is 0.375. The smallest absolute Gasteiger partial charge is 0.354 e. The van der Waals surface area contributed by atoms with E-state index in [0.29, 0.717) is 24.0 Å². The average molecular weight is 307 g/mol. The maximum Gasteiger partial charge on any atom is 0.354 e. The molecule has 1 N–H and O–H groups in total. The standard InChI is InChI=1S/C16H21NO5/c1-11(2)10-22-14-8-6-5-7-12(14)17-13(16(19)21-4)9-15(18)20-3/h5-9,11,17H,10H2,1-4H3/b13-9+. The summed E-state index contributed by atoms with van der Waals surface area (Å²) in [5, 5.41) is 2.85. The van der Waals surface area contributed by atoms with Crippen molar-refractivity contribution in [2.75, 3.05) is 26.1 Å². The second-order valence-corrected chi connectivity index (χ2v) is 4.90. The number of hydrogen-bond donors (Lipinski definition) is 1. The minimum Gasteiger partial charge on any atom is -0.491 e. The topological polar surface area (TPSA) is 73.9 Å². The van der Waals surface area contributed by atoms with E-state index in [1.165, 1.54) is 14.2 Å². The Balaban J connectivity index is 3.00. The van der Waals surface area contributed by atoms with Crippen molar-refractivity contribution in [3.8, 4) is 5.75 Å². The van der Waals surface area contributed by atoms with Crippen LogP contribution in [0.3, 0.4) is 0 Å². The molecule has 0 amide bonds. The van der Waals surface area contributed by atoms with Crippen LogP contribution in [0.5, 0.6) is 5.75 Å². The number of ether oxygens (including phenoxy) is 3. The van der Waals surface area contributed by atoms with E-state index in [4.69, 9.17) is 4.74 Å². The lowest BCUT2D eigenvalue weighted by molar-refractivity contribution is -0.138. The van der Waals surface area contributed by atoms with Gasteiger partial charge in [0.25, 0.3) is 0 Å². The summed E-state index contributed by atoms with van der Waals surface area (Å²) in [6.07, 6.45) is 1.03. The SMILES string of the molecule is COC(=O)/C=C(/Nc1ccccc1OCC(C)C)C(=O)OC. The van der Waals surface area contributed by atoms with Gasteiger partial charge in [0.05, 0.1) is 32.6 Å². The first-order chi connectivity index (χ1) is 10.5. The van der Waals surface area contributed by atoms with Gasteiger partial charge in [0, 0.05) is 0 Å². The van der Waals surface area contributed by atoms with Gasteiger partial charge >= 0.3 is 11.9 Å². The third-order valence-electron chi connectivity index (χ3n) is 2.60. The Labute approximate surface area is 130 Å². The van der Waals surface area contributed by atoms with Crippen molar-refractivity contribution in [3.05, 3.63) is 36.0 Å². The first-order valence-electron chi connectivity index (χ1n) is 6.84. The van der Waals surface area contributed by atoms with E-state index in [0.717, 1.165) is 6.08 Å². The predicted octanol–water partition coefficient (Wildman–Crippen LogP) is 2.36. The van der Waals surface area contributed by atoms with Gasteiger partial charge in [-0.1, -0.05) is 26.0 Å². The van der Waals surface area contributed by atoms with E-state index in [1.807, 2.05) is 19.9 Å². The number of esters is 2. The van der Waals surface area contributed by atoms with Crippen molar-refractivity contribution in [1.82, 2.24) is 0 Å². The minimum absolute atomic E-state index is 0.0325. The first-order valence-corrected chi connectivity index (χ1v) is 6.84. The molecular weight excluding hydrogens is 286 g/mol. The van der Waals surface area contributed by atoms with Gasteiger partial charge in [0.2, 0.25) is 0 Å². The number of carbonyl (C=O) groups excluding carboxylic acids is 2. The summed E-state index contributed by atoms with van der Waals surface area (Å²) in [7, 11) is 2.46. The van der Waals surface area contributed by atoms with Gasteiger partial charge < -0.3 is 19.5 Å². The van der Waals surface area contributed by atoms with Crippen LogP contribution in [0.15, 0.2) is 36.0 Å². The molecule has 6 heteroatoms. The van der Waals surface area contributed by atoms with Gasteiger partial charge in [-0.3, -0.25) is 0 Å². The maximum atomic E-state index is 11.7. The lowest BCUT2D eigenvalue weighted by Gasteiger charge is -2.15. The minimum atomic E-state index is -0.677. The zero-order valence-electron chi connectivity index (χ0n) is 13.2. The molecule has 1 aromatic carbocycles. The predicted molar refractivity (Wildman–Crippen MR) is 82.5 cm³/mol. The highest BCUT2D eigenvalue weighted by Crippen LogP contribution is 2.26. The number of rotatable bonds is 7. The van der Waals surface area contributed by atoms with Gasteiger partial charge in [0.1, 0.15) is 11.4 Å². The molecule has 22 heavy (non-hydrogen) atoms. The molecule has 1 rings (SSSR count). The third kappa shape index (κ3) is 5.47. The van der Waals surface area contributed by atoms with Crippen LogP contribution in [0.1, 0.15) is 13.8 Å². The number of carbonyl (C=O) groups is 2. The van der Waals surface area contributed by atoms with Crippen LogP contribution >= 0.6 is 0 Å². The zero-order valence-corrected chi connectivity index (χ0v) is 13.2. The second-order valence-electron chi connectivity index (χ2n) is 4.90. The molecule has 0 aliphatic heterocycles. The normalized spacial score (nSPS) is 11.0. The largest absolute Gasteiger partial charge is 0.491 e. The summed E-state index contributed by atoms with van der Waals surface area (Å²) in [5.41, 5.74) is 0.527. The molecule has 0 atom stereocenters. The fourth-order valence-corrected chi connectivity index (χ4v) is 1.53. The molecule has 6 nitrogen and oxygen atoms in total. The van der Waals surface area contributed by atoms with Gasteiger partial charge in [-0.05, 0) is 18.1 Å². The maximum absolute atomic E-state index is 11.7. The van der Waals surface area contributed by atoms with Crippen LogP contribution in [0, 0.1) is 5.92 Å². The molecule has 0 aliphatic carbocycles.